The number of halogens is 2. The highest BCUT2D eigenvalue weighted by atomic mass is 79.9. The van der Waals surface area contributed by atoms with Crippen molar-refractivity contribution in [3.05, 3.63) is 155 Å². The molecule has 1 N–H and O–H groups in total. The van der Waals surface area contributed by atoms with Crippen molar-refractivity contribution in [1.29, 1.82) is 0 Å². The van der Waals surface area contributed by atoms with Crippen LogP contribution in [0.2, 0.25) is 0 Å². The van der Waals surface area contributed by atoms with Gasteiger partial charge in [-0.3, -0.25) is 5.43 Å². The molecule has 0 saturated carbocycles. The van der Waals surface area contributed by atoms with Crippen LogP contribution in [0.15, 0.2) is 144 Å². The van der Waals surface area contributed by atoms with E-state index in [4.69, 9.17) is 0 Å². The minimum absolute atomic E-state index is 0.254. The first-order chi connectivity index (χ1) is 17.7. The van der Waals surface area contributed by atoms with E-state index in [2.05, 4.69) is 111 Å². The number of hydrazine groups is 1. The normalized spacial score (nSPS) is 11.4. The van der Waals surface area contributed by atoms with Crippen LogP contribution in [0.5, 0.6) is 0 Å². The molecule has 5 aromatic carbocycles. The van der Waals surface area contributed by atoms with Crippen molar-refractivity contribution >= 4 is 44.9 Å². The van der Waals surface area contributed by atoms with E-state index in [0.717, 1.165) is 15.7 Å². The molecule has 0 spiro atoms. The maximum Gasteiger partial charge on any atom is 0.203 e. The molecule has 5 heteroatoms. The zero-order chi connectivity index (χ0) is 24.8. The summed E-state index contributed by atoms with van der Waals surface area (Å²) in [6.07, 6.45) is 0. The highest BCUT2D eigenvalue weighted by molar-refractivity contribution is 9.10. The highest BCUT2D eigenvalue weighted by Crippen LogP contribution is 2.59. The lowest BCUT2D eigenvalue weighted by Gasteiger charge is -2.37. The standard InChI is InChI=1S/C31H26BrFN2P/c32-31-22-21-26(33)23-25(31)24-35(34-27-13-5-1-6-14-27)36(28-15-7-2-8-16-28,29-17-9-3-10-18-29)30-19-11-4-12-20-30/h1-23,34H,24H2/q+1. The fraction of sp³-hybridized carbons (Fsp3) is 0.0323. The van der Waals surface area contributed by atoms with E-state index in [1.54, 1.807) is 12.1 Å². The fourth-order valence-electron chi connectivity index (χ4n) is 4.50. The molecule has 0 aliphatic rings. The van der Waals surface area contributed by atoms with Gasteiger partial charge in [0.2, 0.25) is 7.41 Å². The quantitative estimate of drug-likeness (QED) is 0.159. The number of nitrogens with zero attached hydrogens (tertiary/aromatic N) is 1. The SMILES string of the molecule is Fc1ccc(Br)c(CN(Nc2ccccc2)[P+](c2ccccc2)(c2ccccc2)c2ccccc2)c1. The van der Waals surface area contributed by atoms with Crippen molar-refractivity contribution in [1.82, 2.24) is 4.78 Å². The van der Waals surface area contributed by atoms with E-state index >= 15 is 0 Å². The van der Waals surface area contributed by atoms with Crippen LogP contribution in [0.3, 0.4) is 0 Å². The van der Waals surface area contributed by atoms with Gasteiger partial charge in [0.05, 0.1) is 12.2 Å². The third-order valence-electron chi connectivity index (χ3n) is 6.11. The van der Waals surface area contributed by atoms with Gasteiger partial charge in [0.1, 0.15) is 21.7 Å². The molecule has 5 rings (SSSR count). The molecule has 0 amide bonds. The van der Waals surface area contributed by atoms with Crippen molar-refractivity contribution in [2.75, 3.05) is 5.43 Å². The summed E-state index contributed by atoms with van der Waals surface area (Å²) in [4.78, 5) is 0. The first kappa shape index (κ1) is 24.4. The largest absolute Gasteiger partial charge is 0.287 e. The lowest BCUT2D eigenvalue weighted by molar-refractivity contribution is 0.531. The molecule has 0 aliphatic carbocycles. The zero-order valence-corrected chi connectivity index (χ0v) is 22.1. The van der Waals surface area contributed by atoms with Crippen LogP contribution in [0.25, 0.3) is 0 Å². The van der Waals surface area contributed by atoms with Crippen LogP contribution in [-0.4, -0.2) is 4.78 Å². The van der Waals surface area contributed by atoms with Crippen molar-refractivity contribution in [2.24, 2.45) is 0 Å². The maximum atomic E-state index is 14.4. The molecule has 0 unspecified atom stereocenters. The number of para-hydroxylation sites is 1. The second kappa shape index (κ2) is 11.2. The first-order valence-electron chi connectivity index (χ1n) is 11.8. The Labute approximate surface area is 220 Å². The minimum atomic E-state index is -2.45. The lowest BCUT2D eigenvalue weighted by Crippen LogP contribution is -2.45. The van der Waals surface area contributed by atoms with Gasteiger partial charge in [-0.15, -0.1) is 0 Å². The summed E-state index contributed by atoms with van der Waals surface area (Å²) in [6.45, 7) is 0.472. The summed E-state index contributed by atoms with van der Waals surface area (Å²) in [5.41, 5.74) is 5.59. The molecule has 0 aliphatic heterocycles. The molecular formula is C31H26BrFN2P+. The third-order valence-corrected chi connectivity index (χ3v) is 11.0. The number of anilines is 1. The Morgan fingerprint density at radius 1 is 0.611 bits per heavy atom. The summed E-state index contributed by atoms with van der Waals surface area (Å²) in [5.74, 6) is -0.254. The Hall–Kier alpha value is -3.30. The fourth-order valence-corrected chi connectivity index (χ4v) is 9.05. The summed E-state index contributed by atoms with van der Waals surface area (Å²) in [6, 6.07) is 46.9. The molecule has 0 heterocycles. The Bertz CT molecular complexity index is 1300. The number of rotatable bonds is 8. The van der Waals surface area contributed by atoms with Gasteiger partial charge in [-0.25, -0.2) is 4.39 Å². The molecular weight excluding hydrogens is 530 g/mol. The molecule has 36 heavy (non-hydrogen) atoms. The molecule has 0 saturated heterocycles. The summed E-state index contributed by atoms with van der Waals surface area (Å²) in [5, 5.41) is 3.62. The van der Waals surface area contributed by atoms with Gasteiger partial charge in [0, 0.05) is 4.47 Å². The van der Waals surface area contributed by atoms with Gasteiger partial charge < -0.3 is 0 Å². The van der Waals surface area contributed by atoms with Crippen molar-refractivity contribution < 1.29 is 4.39 Å². The number of hydrogen-bond donors (Lipinski definition) is 1. The van der Waals surface area contributed by atoms with Gasteiger partial charge in [0.25, 0.3) is 0 Å². The molecule has 2 nitrogen and oxygen atoms in total. The van der Waals surface area contributed by atoms with Crippen LogP contribution in [0.4, 0.5) is 10.1 Å². The summed E-state index contributed by atoms with van der Waals surface area (Å²) >= 11 is 3.67. The van der Waals surface area contributed by atoms with Gasteiger partial charge in [-0.05, 0) is 72.3 Å². The van der Waals surface area contributed by atoms with Gasteiger partial charge in [-0.2, -0.15) is 0 Å². The Morgan fingerprint density at radius 3 is 1.53 bits per heavy atom. The number of nitrogens with one attached hydrogen (secondary N) is 1. The van der Waals surface area contributed by atoms with Gasteiger partial charge >= 0.3 is 0 Å². The average Bonchev–Trinajstić information content (AvgIpc) is 2.93. The van der Waals surface area contributed by atoms with Crippen LogP contribution in [0.1, 0.15) is 5.56 Å². The molecule has 0 atom stereocenters. The van der Waals surface area contributed by atoms with Crippen molar-refractivity contribution in [3.63, 3.8) is 0 Å². The van der Waals surface area contributed by atoms with Crippen molar-refractivity contribution in [3.8, 4) is 0 Å². The number of hydrogen-bond acceptors (Lipinski definition) is 2. The Kier molecular flexibility index (Phi) is 7.58. The van der Waals surface area contributed by atoms with Crippen molar-refractivity contribution in [2.45, 2.75) is 6.54 Å². The van der Waals surface area contributed by atoms with E-state index in [9.17, 15) is 4.39 Å². The summed E-state index contributed by atoms with van der Waals surface area (Å²) in [7, 11) is -2.45. The van der Waals surface area contributed by atoms with Crippen LogP contribution in [-0.2, 0) is 6.54 Å². The Morgan fingerprint density at radius 2 is 1.06 bits per heavy atom. The van der Waals surface area contributed by atoms with E-state index in [-0.39, 0.29) is 5.82 Å². The molecule has 5 aromatic rings. The van der Waals surface area contributed by atoms with E-state index in [1.807, 2.05) is 36.4 Å². The van der Waals surface area contributed by atoms with E-state index in [0.29, 0.717) is 6.54 Å². The smallest absolute Gasteiger partial charge is 0.203 e. The molecule has 178 valence electrons. The second-order valence-electron chi connectivity index (χ2n) is 8.41. The first-order valence-corrected chi connectivity index (χ1v) is 14.3. The van der Waals surface area contributed by atoms with E-state index in [1.165, 1.54) is 22.0 Å². The molecule has 0 aromatic heterocycles. The lowest BCUT2D eigenvalue weighted by atomic mass is 10.2. The van der Waals surface area contributed by atoms with Crippen LogP contribution in [0, 0.1) is 5.82 Å². The predicted molar refractivity (Wildman–Crippen MR) is 155 cm³/mol. The van der Waals surface area contributed by atoms with Gasteiger partial charge in [0.15, 0.2) is 0 Å². The zero-order valence-electron chi connectivity index (χ0n) is 19.6. The predicted octanol–water partition coefficient (Wildman–Crippen LogP) is 7.33. The van der Waals surface area contributed by atoms with Crippen LogP contribution >= 0.6 is 23.3 Å². The number of benzene rings is 5. The van der Waals surface area contributed by atoms with E-state index < -0.39 is 7.41 Å². The average molecular weight is 556 g/mol. The third kappa shape index (κ3) is 4.99. The molecule has 0 radical (unpaired) electrons. The van der Waals surface area contributed by atoms with Gasteiger partial charge in [-0.1, -0.05) is 93.5 Å². The Balaban J connectivity index is 1.81. The maximum absolute atomic E-state index is 14.4. The second-order valence-corrected chi connectivity index (χ2v) is 12.6. The molecule has 0 fully saturated rings. The topological polar surface area (TPSA) is 15.3 Å². The summed E-state index contributed by atoms with van der Waals surface area (Å²) < 4.78 is 17.6. The molecule has 0 bridgehead atoms. The monoisotopic (exact) mass is 555 g/mol. The highest BCUT2D eigenvalue weighted by Gasteiger charge is 2.52. The minimum Gasteiger partial charge on any atom is -0.287 e. The van der Waals surface area contributed by atoms with Crippen LogP contribution < -0.4 is 21.3 Å².